The molecule has 0 spiro atoms. The Bertz CT molecular complexity index is 955. The fourth-order valence-corrected chi connectivity index (χ4v) is 3.35. The Kier molecular flexibility index (Phi) is 5.32. The molecule has 0 saturated carbocycles. The van der Waals surface area contributed by atoms with Crippen molar-refractivity contribution >= 4 is 44.8 Å². The molecule has 7 heteroatoms. The van der Waals surface area contributed by atoms with Crippen molar-refractivity contribution in [1.82, 2.24) is 0 Å². The van der Waals surface area contributed by atoms with Crippen LogP contribution in [0.1, 0.15) is 52.1 Å². The molecule has 0 aliphatic heterocycles. The largest absolute Gasteiger partial charge is 0.444 e. The summed E-state index contributed by atoms with van der Waals surface area (Å²) in [4.78, 5) is 37.8. The second-order valence-electron chi connectivity index (χ2n) is 6.37. The van der Waals surface area contributed by atoms with Gasteiger partial charge in [0.2, 0.25) is 0 Å². The summed E-state index contributed by atoms with van der Waals surface area (Å²) >= 11 is 3.33. The average molecular weight is 431 g/mol. The smallest absolute Gasteiger partial charge is 0.310 e. The van der Waals surface area contributed by atoms with E-state index in [4.69, 9.17) is 10.5 Å². The Hall–Kier alpha value is -2.67. The molecule has 1 aliphatic carbocycles. The molecular formula is C20H19BrN2O4. The highest BCUT2D eigenvalue weighted by atomic mass is 79.9. The van der Waals surface area contributed by atoms with Crippen LogP contribution in [0.2, 0.25) is 0 Å². The van der Waals surface area contributed by atoms with Crippen molar-refractivity contribution in [2.24, 2.45) is 5.92 Å². The van der Waals surface area contributed by atoms with Gasteiger partial charge in [-0.2, -0.15) is 0 Å². The van der Waals surface area contributed by atoms with Gasteiger partial charge in [-0.1, -0.05) is 38.1 Å². The van der Waals surface area contributed by atoms with Gasteiger partial charge in [0.15, 0.2) is 18.3 Å². The van der Waals surface area contributed by atoms with E-state index >= 15 is 0 Å². The lowest BCUT2D eigenvalue weighted by Crippen LogP contribution is -2.25. The van der Waals surface area contributed by atoms with Gasteiger partial charge >= 0.3 is 5.97 Å². The first kappa shape index (κ1) is 19.1. The average Bonchev–Trinajstić information content (AvgIpc) is 2.67. The Balaban J connectivity index is 1.98. The van der Waals surface area contributed by atoms with Gasteiger partial charge in [-0.3, -0.25) is 14.4 Å². The van der Waals surface area contributed by atoms with Crippen molar-refractivity contribution < 1.29 is 19.1 Å². The SMILES string of the molecule is CCC(C)C(=O)OCNc1cc(Br)c(N)c2c1C(=O)c1ccccc1C2=O. The Labute approximate surface area is 165 Å². The zero-order chi connectivity index (χ0) is 19.7. The molecule has 140 valence electrons. The van der Waals surface area contributed by atoms with E-state index in [1.807, 2.05) is 6.92 Å². The van der Waals surface area contributed by atoms with Crippen LogP contribution < -0.4 is 11.1 Å². The second kappa shape index (κ2) is 7.52. The van der Waals surface area contributed by atoms with Gasteiger partial charge < -0.3 is 15.8 Å². The molecule has 27 heavy (non-hydrogen) atoms. The van der Waals surface area contributed by atoms with Crippen molar-refractivity contribution in [3.63, 3.8) is 0 Å². The number of nitrogen functional groups attached to an aromatic ring is 1. The number of carbonyl (C=O) groups excluding carboxylic acids is 3. The van der Waals surface area contributed by atoms with E-state index in [1.165, 1.54) is 0 Å². The Morgan fingerprint density at radius 1 is 1.19 bits per heavy atom. The summed E-state index contributed by atoms with van der Waals surface area (Å²) in [7, 11) is 0. The van der Waals surface area contributed by atoms with Gasteiger partial charge in [0.05, 0.1) is 22.7 Å². The normalized spacial score (nSPS) is 13.6. The van der Waals surface area contributed by atoms with Crippen molar-refractivity contribution in [2.45, 2.75) is 20.3 Å². The highest BCUT2D eigenvalue weighted by molar-refractivity contribution is 9.10. The second-order valence-corrected chi connectivity index (χ2v) is 7.22. The number of carbonyl (C=O) groups is 3. The number of halogens is 1. The van der Waals surface area contributed by atoms with Crippen LogP contribution in [0.4, 0.5) is 11.4 Å². The standard InChI is InChI=1S/C20H19BrN2O4/c1-3-10(2)20(26)27-9-23-14-8-13(21)17(22)16-15(14)18(24)11-6-4-5-7-12(11)19(16)25/h4-8,10,23H,3,9,22H2,1-2H3. The molecule has 0 aromatic heterocycles. The first-order valence-electron chi connectivity index (χ1n) is 8.57. The summed E-state index contributed by atoms with van der Waals surface area (Å²) in [5.74, 6) is -1.15. The Morgan fingerprint density at radius 2 is 1.78 bits per heavy atom. The number of hydrogen-bond donors (Lipinski definition) is 2. The van der Waals surface area contributed by atoms with Gasteiger partial charge in [0.1, 0.15) is 0 Å². The molecular weight excluding hydrogens is 412 g/mol. The molecule has 0 fully saturated rings. The number of fused-ring (bicyclic) bond motifs is 2. The molecule has 6 nitrogen and oxygen atoms in total. The van der Waals surface area contributed by atoms with Crippen LogP contribution >= 0.6 is 15.9 Å². The fourth-order valence-electron chi connectivity index (χ4n) is 2.92. The van der Waals surface area contributed by atoms with Crippen LogP contribution in [0.3, 0.4) is 0 Å². The molecule has 0 radical (unpaired) electrons. The minimum atomic E-state index is -0.332. The van der Waals surface area contributed by atoms with E-state index in [1.54, 1.807) is 37.3 Å². The highest BCUT2D eigenvalue weighted by Crippen LogP contribution is 2.39. The molecule has 0 saturated heterocycles. The first-order valence-corrected chi connectivity index (χ1v) is 9.37. The number of rotatable bonds is 5. The van der Waals surface area contributed by atoms with Gasteiger partial charge in [0.25, 0.3) is 0 Å². The van der Waals surface area contributed by atoms with Gasteiger partial charge in [-0.15, -0.1) is 0 Å². The van der Waals surface area contributed by atoms with E-state index < -0.39 is 0 Å². The minimum absolute atomic E-state index is 0.116. The maximum absolute atomic E-state index is 13.0. The van der Waals surface area contributed by atoms with Crippen molar-refractivity contribution in [3.8, 4) is 0 Å². The maximum Gasteiger partial charge on any atom is 0.310 e. The lowest BCUT2D eigenvalue weighted by Gasteiger charge is -2.23. The molecule has 2 aromatic rings. The lowest BCUT2D eigenvalue weighted by atomic mass is 9.82. The topological polar surface area (TPSA) is 98.5 Å². The molecule has 0 heterocycles. The van der Waals surface area contributed by atoms with Crippen LogP contribution in [0.15, 0.2) is 34.8 Å². The highest BCUT2D eigenvalue weighted by Gasteiger charge is 2.34. The molecule has 2 aromatic carbocycles. The number of hydrogen-bond acceptors (Lipinski definition) is 6. The van der Waals surface area contributed by atoms with Crippen LogP contribution in [-0.4, -0.2) is 24.3 Å². The number of anilines is 2. The minimum Gasteiger partial charge on any atom is -0.444 e. The Morgan fingerprint density at radius 3 is 2.37 bits per heavy atom. The van der Waals surface area contributed by atoms with E-state index in [2.05, 4.69) is 21.2 Å². The maximum atomic E-state index is 13.0. The summed E-state index contributed by atoms with van der Waals surface area (Å²) in [6.07, 6.45) is 0.672. The van der Waals surface area contributed by atoms with Crippen molar-refractivity contribution in [3.05, 3.63) is 57.1 Å². The molecule has 0 bridgehead atoms. The fraction of sp³-hybridized carbons (Fsp3) is 0.250. The molecule has 1 unspecified atom stereocenters. The number of nitrogens with two attached hydrogens (primary N) is 1. The van der Waals surface area contributed by atoms with Crippen molar-refractivity contribution in [1.29, 1.82) is 0 Å². The van der Waals surface area contributed by atoms with E-state index in [0.717, 1.165) is 0 Å². The van der Waals surface area contributed by atoms with Gasteiger partial charge in [0, 0.05) is 21.3 Å². The summed E-state index contributed by atoms with van der Waals surface area (Å²) < 4.78 is 5.68. The van der Waals surface area contributed by atoms with E-state index in [-0.39, 0.29) is 47.0 Å². The lowest BCUT2D eigenvalue weighted by molar-refractivity contribution is -0.147. The number of ketones is 2. The quantitative estimate of drug-likeness (QED) is 0.363. The number of benzene rings is 2. The predicted octanol–water partition coefficient (Wildman–Crippen LogP) is 3.77. The van der Waals surface area contributed by atoms with Crippen LogP contribution in [0.25, 0.3) is 0 Å². The molecule has 3 rings (SSSR count). The monoisotopic (exact) mass is 430 g/mol. The zero-order valence-corrected chi connectivity index (χ0v) is 16.6. The molecule has 0 amide bonds. The molecule has 1 atom stereocenters. The van der Waals surface area contributed by atoms with Gasteiger partial charge in [-0.25, -0.2) is 0 Å². The first-order chi connectivity index (χ1) is 12.9. The van der Waals surface area contributed by atoms with Crippen molar-refractivity contribution in [2.75, 3.05) is 17.8 Å². The summed E-state index contributed by atoms with van der Waals surface area (Å²) in [6, 6.07) is 8.25. The third kappa shape index (κ3) is 3.35. The third-order valence-electron chi connectivity index (χ3n) is 4.68. The summed E-state index contributed by atoms with van der Waals surface area (Å²) in [5, 5.41) is 2.93. The molecule has 3 N–H and O–H groups in total. The van der Waals surface area contributed by atoms with Crippen LogP contribution in [0.5, 0.6) is 0 Å². The van der Waals surface area contributed by atoms with E-state index in [0.29, 0.717) is 27.7 Å². The summed E-state index contributed by atoms with van der Waals surface area (Å²) in [5.41, 5.74) is 7.68. The van der Waals surface area contributed by atoms with Gasteiger partial charge in [-0.05, 0) is 28.4 Å². The molecule has 1 aliphatic rings. The number of nitrogens with one attached hydrogen (secondary N) is 1. The van der Waals surface area contributed by atoms with E-state index in [9.17, 15) is 14.4 Å². The third-order valence-corrected chi connectivity index (χ3v) is 5.34. The number of ether oxygens (including phenoxy) is 1. The summed E-state index contributed by atoms with van der Waals surface area (Å²) in [6.45, 7) is 3.56. The predicted molar refractivity (Wildman–Crippen MR) is 106 cm³/mol. The zero-order valence-electron chi connectivity index (χ0n) is 15.0. The van der Waals surface area contributed by atoms with Crippen LogP contribution in [0, 0.1) is 5.92 Å². The van der Waals surface area contributed by atoms with Crippen LogP contribution in [-0.2, 0) is 9.53 Å². The number of esters is 1.